The largest absolute Gasteiger partial charge is 0.371 e. The zero-order valence-electron chi connectivity index (χ0n) is 16.7. The van der Waals surface area contributed by atoms with Gasteiger partial charge in [-0.15, -0.1) is 0 Å². The van der Waals surface area contributed by atoms with Crippen LogP contribution in [-0.2, 0) is 4.74 Å². The molecule has 1 amide bonds. The van der Waals surface area contributed by atoms with E-state index < -0.39 is 4.92 Å². The highest BCUT2D eigenvalue weighted by molar-refractivity contribution is 5.94. The number of amides is 1. The summed E-state index contributed by atoms with van der Waals surface area (Å²) in [7, 11) is 0. The van der Waals surface area contributed by atoms with Gasteiger partial charge in [0.1, 0.15) is 0 Å². The van der Waals surface area contributed by atoms with E-state index in [-0.39, 0.29) is 17.7 Å². The second kappa shape index (κ2) is 10.1. The fourth-order valence-electron chi connectivity index (χ4n) is 3.49. The number of carbonyl (C=O) groups is 1. The number of nitro benzene ring substituents is 1. The number of unbranched alkanes of at least 4 members (excludes halogenated alkanes) is 1. The number of benzene rings is 2. The van der Waals surface area contributed by atoms with Crippen LogP contribution in [0.4, 0.5) is 5.69 Å². The van der Waals surface area contributed by atoms with Gasteiger partial charge in [-0.1, -0.05) is 36.4 Å². The molecule has 1 unspecified atom stereocenters. The highest BCUT2D eigenvalue weighted by atomic mass is 16.6. The van der Waals surface area contributed by atoms with Gasteiger partial charge in [-0.2, -0.15) is 0 Å². The summed E-state index contributed by atoms with van der Waals surface area (Å²) in [4.78, 5) is 25.2. The maximum atomic E-state index is 12.2. The lowest BCUT2D eigenvalue weighted by Gasteiger charge is -2.33. The van der Waals surface area contributed by atoms with Crippen LogP contribution in [0, 0.1) is 17.0 Å². The topological polar surface area (TPSA) is 84.7 Å². The van der Waals surface area contributed by atoms with Crippen molar-refractivity contribution in [2.75, 3.05) is 32.8 Å². The first-order chi connectivity index (χ1) is 14.0. The highest BCUT2D eigenvalue weighted by Crippen LogP contribution is 2.22. The van der Waals surface area contributed by atoms with Crippen LogP contribution >= 0.6 is 0 Å². The van der Waals surface area contributed by atoms with Gasteiger partial charge in [0, 0.05) is 36.8 Å². The number of hydrogen-bond acceptors (Lipinski definition) is 5. The predicted molar refractivity (Wildman–Crippen MR) is 111 cm³/mol. The van der Waals surface area contributed by atoms with Crippen LogP contribution in [-0.4, -0.2) is 48.5 Å². The number of ether oxygens (including phenoxy) is 1. The Hall–Kier alpha value is -2.77. The SMILES string of the molecule is Cc1ccc(C(=O)NCCCCN2CCOC(c3ccccc3)C2)cc1[N+](=O)[O-]. The van der Waals surface area contributed by atoms with Crippen LogP contribution in [0.3, 0.4) is 0 Å². The van der Waals surface area contributed by atoms with E-state index in [4.69, 9.17) is 4.74 Å². The minimum Gasteiger partial charge on any atom is -0.371 e. The summed E-state index contributed by atoms with van der Waals surface area (Å²) >= 11 is 0. The van der Waals surface area contributed by atoms with Crippen molar-refractivity contribution in [3.63, 3.8) is 0 Å². The first kappa shape index (κ1) is 21.0. The average molecular weight is 397 g/mol. The minimum atomic E-state index is -0.461. The number of nitrogens with one attached hydrogen (secondary N) is 1. The monoisotopic (exact) mass is 397 g/mol. The molecule has 1 atom stereocenters. The summed E-state index contributed by atoms with van der Waals surface area (Å²) in [5.41, 5.74) is 2.04. The van der Waals surface area contributed by atoms with Crippen molar-refractivity contribution in [3.05, 3.63) is 75.3 Å². The third kappa shape index (κ3) is 5.85. The second-order valence-electron chi connectivity index (χ2n) is 7.29. The molecule has 3 rings (SSSR count). The lowest BCUT2D eigenvalue weighted by Crippen LogP contribution is -2.39. The Labute approximate surface area is 170 Å². The maximum Gasteiger partial charge on any atom is 0.273 e. The molecular weight excluding hydrogens is 370 g/mol. The molecule has 0 saturated carbocycles. The molecule has 0 aliphatic carbocycles. The number of nitro groups is 1. The van der Waals surface area contributed by atoms with E-state index in [2.05, 4.69) is 22.3 Å². The van der Waals surface area contributed by atoms with Gasteiger partial charge >= 0.3 is 0 Å². The molecule has 1 saturated heterocycles. The van der Waals surface area contributed by atoms with Gasteiger partial charge in [0.2, 0.25) is 0 Å². The fraction of sp³-hybridized carbons (Fsp3) is 0.409. The van der Waals surface area contributed by atoms with Crippen LogP contribution in [0.1, 0.15) is 40.4 Å². The van der Waals surface area contributed by atoms with Crippen LogP contribution in [0.5, 0.6) is 0 Å². The Balaban J connectivity index is 1.39. The molecule has 154 valence electrons. The Bertz CT molecular complexity index is 841. The van der Waals surface area contributed by atoms with Gasteiger partial charge in [0.15, 0.2) is 0 Å². The molecule has 0 aromatic heterocycles. The van der Waals surface area contributed by atoms with E-state index in [1.807, 2.05) is 18.2 Å². The van der Waals surface area contributed by atoms with Gasteiger partial charge in [-0.25, -0.2) is 0 Å². The molecule has 2 aromatic rings. The average Bonchev–Trinajstić information content (AvgIpc) is 2.74. The Morgan fingerprint density at radius 3 is 2.79 bits per heavy atom. The lowest BCUT2D eigenvalue weighted by molar-refractivity contribution is -0.385. The van der Waals surface area contributed by atoms with E-state index in [0.717, 1.165) is 39.1 Å². The van der Waals surface area contributed by atoms with Gasteiger partial charge in [-0.05, 0) is 37.9 Å². The number of morpholine rings is 1. The first-order valence-corrected chi connectivity index (χ1v) is 9.97. The van der Waals surface area contributed by atoms with Crippen molar-refractivity contribution in [2.24, 2.45) is 0 Å². The molecule has 1 aliphatic heterocycles. The molecule has 7 heteroatoms. The summed E-state index contributed by atoms with van der Waals surface area (Å²) in [6.07, 6.45) is 1.94. The standard InChI is InChI=1S/C22H27N3O4/c1-17-9-10-19(15-20(17)25(27)28)22(26)23-11-5-6-12-24-13-14-29-21(16-24)18-7-3-2-4-8-18/h2-4,7-10,15,21H,5-6,11-14,16H2,1H3,(H,23,26). The summed E-state index contributed by atoms with van der Waals surface area (Å²) in [5.74, 6) is -0.274. The number of rotatable bonds is 8. The van der Waals surface area contributed by atoms with Crippen LogP contribution in [0.15, 0.2) is 48.5 Å². The van der Waals surface area contributed by atoms with E-state index >= 15 is 0 Å². The Morgan fingerprint density at radius 2 is 2.03 bits per heavy atom. The number of hydrogen-bond donors (Lipinski definition) is 1. The molecule has 0 bridgehead atoms. The number of nitrogens with zero attached hydrogens (tertiary/aromatic N) is 2. The maximum absolute atomic E-state index is 12.2. The Morgan fingerprint density at radius 1 is 1.24 bits per heavy atom. The van der Waals surface area contributed by atoms with Gasteiger partial charge in [0.25, 0.3) is 11.6 Å². The van der Waals surface area contributed by atoms with Gasteiger partial charge < -0.3 is 10.1 Å². The summed E-state index contributed by atoms with van der Waals surface area (Å²) in [6.45, 7) is 5.69. The number of aryl methyl sites for hydroxylation is 1. The summed E-state index contributed by atoms with van der Waals surface area (Å²) in [6, 6.07) is 14.8. The molecule has 1 fully saturated rings. The molecule has 1 aliphatic rings. The third-order valence-corrected chi connectivity index (χ3v) is 5.18. The first-order valence-electron chi connectivity index (χ1n) is 9.97. The van der Waals surface area contributed by atoms with Crippen LogP contribution in [0.25, 0.3) is 0 Å². The molecule has 7 nitrogen and oxygen atoms in total. The van der Waals surface area contributed by atoms with Crippen molar-refractivity contribution in [1.29, 1.82) is 0 Å². The molecule has 1 heterocycles. The van der Waals surface area contributed by atoms with E-state index in [1.54, 1.807) is 19.1 Å². The van der Waals surface area contributed by atoms with Gasteiger partial charge in [-0.3, -0.25) is 19.8 Å². The number of carbonyl (C=O) groups excluding carboxylic acids is 1. The fourth-order valence-corrected chi connectivity index (χ4v) is 3.49. The normalized spacial score (nSPS) is 17.1. The zero-order chi connectivity index (χ0) is 20.6. The Kier molecular flexibility index (Phi) is 7.32. The van der Waals surface area contributed by atoms with Gasteiger partial charge in [0.05, 0.1) is 17.6 Å². The molecule has 0 spiro atoms. The van der Waals surface area contributed by atoms with E-state index in [9.17, 15) is 14.9 Å². The quantitative estimate of drug-likeness (QED) is 0.419. The van der Waals surface area contributed by atoms with Crippen molar-refractivity contribution in [3.8, 4) is 0 Å². The van der Waals surface area contributed by atoms with E-state index in [1.165, 1.54) is 11.6 Å². The van der Waals surface area contributed by atoms with Crippen molar-refractivity contribution in [2.45, 2.75) is 25.9 Å². The second-order valence-corrected chi connectivity index (χ2v) is 7.29. The third-order valence-electron chi connectivity index (χ3n) is 5.18. The molecule has 1 N–H and O–H groups in total. The predicted octanol–water partition coefficient (Wildman–Crippen LogP) is 3.49. The van der Waals surface area contributed by atoms with Crippen LogP contribution < -0.4 is 5.32 Å². The lowest BCUT2D eigenvalue weighted by atomic mass is 10.1. The van der Waals surface area contributed by atoms with Crippen molar-refractivity contribution >= 4 is 11.6 Å². The molecular formula is C22H27N3O4. The molecule has 2 aromatic carbocycles. The molecule has 29 heavy (non-hydrogen) atoms. The molecule has 0 radical (unpaired) electrons. The van der Waals surface area contributed by atoms with Crippen LogP contribution in [0.2, 0.25) is 0 Å². The van der Waals surface area contributed by atoms with E-state index in [0.29, 0.717) is 17.7 Å². The summed E-state index contributed by atoms with van der Waals surface area (Å²) < 4.78 is 5.89. The van der Waals surface area contributed by atoms with Crippen molar-refractivity contribution < 1.29 is 14.5 Å². The zero-order valence-corrected chi connectivity index (χ0v) is 16.7. The summed E-state index contributed by atoms with van der Waals surface area (Å²) in [5, 5.41) is 13.9. The smallest absolute Gasteiger partial charge is 0.273 e. The highest BCUT2D eigenvalue weighted by Gasteiger charge is 2.21. The van der Waals surface area contributed by atoms with Crippen molar-refractivity contribution in [1.82, 2.24) is 10.2 Å². The minimum absolute atomic E-state index is 0.0297.